The smallest absolute Gasteiger partial charge is 0.475 e. The molecular formula is C21H25F3N6O3. The van der Waals surface area contributed by atoms with Gasteiger partial charge in [-0.15, -0.1) is 10.2 Å². The van der Waals surface area contributed by atoms with Gasteiger partial charge in [-0.2, -0.15) is 13.2 Å². The van der Waals surface area contributed by atoms with Crippen molar-refractivity contribution < 1.29 is 27.9 Å². The molecule has 2 aromatic rings. The number of benzene rings is 1. The number of rotatable bonds is 5. The minimum atomic E-state index is -5.08. The molecule has 9 nitrogen and oxygen atoms in total. The predicted octanol–water partition coefficient (Wildman–Crippen LogP) is 1.70. The van der Waals surface area contributed by atoms with Crippen LogP contribution in [-0.4, -0.2) is 84.1 Å². The Morgan fingerprint density at radius 2 is 1.67 bits per heavy atom. The first-order valence-corrected chi connectivity index (χ1v) is 10.4. The van der Waals surface area contributed by atoms with Crippen LogP contribution in [0.1, 0.15) is 10.5 Å². The van der Waals surface area contributed by atoms with Gasteiger partial charge in [0.15, 0.2) is 11.5 Å². The second-order valence-electron chi connectivity index (χ2n) is 7.71. The largest absolute Gasteiger partial charge is 0.490 e. The number of carbonyl (C=O) groups is 2. The van der Waals surface area contributed by atoms with E-state index < -0.39 is 12.1 Å². The molecule has 1 aromatic heterocycles. The first kappa shape index (κ1) is 24.4. The Balaban J connectivity index is 0.000000383. The first-order chi connectivity index (χ1) is 15.7. The third-order valence-electron chi connectivity index (χ3n) is 5.24. The molecule has 33 heavy (non-hydrogen) atoms. The highest BCUT2D eigenvalue weighted by atomic mass is 19.4. The molecule has 0 saturated carbocycles. The van der Waals surface area contributed by atoms with E-state index in [1.54, 1.807) is 6.07 Å². The Morgan fingerprint density at radius 1 is 1.03 bits per heavy atom. The standard InChI is InChI=1S/C19H24N6O.C2HF3O2/c26-19(21-16-4-2-1-3-5-16)17-6-7-18(23-22-17)25-10-8-24(9-11-25)14-15-12-20-13-15;3-2(4,5)1(6)7/h1-7,15,20H,8-14H2,(H,21,26);(H,6,7). The predicted molar refractivity (Wildman–Crippen MR) is 115 cm³/mol. The average Bonchev–Trinajstić information content (AvgIpc) is 2.77. The van der Waals surface area contributed by atoms with Crippen molar-refractivity contribution in [2.75, 3.05) is 56.0 Å². The number of alkyl halides is 3. The first-order valence-electron chi connectivity index (χ1n) is 10.4. The lowest BCUT2D eigenvalue weighted by Gasteiger charge is -2.39. The van der Waals surface area contributed by atoms with Gasteiger partial charge in [0.1, 0.15) is 0 Å². The summed E-state index contributed by atoms with van der Waals surface area (Å²) in [5, 5.41) is 21.7. The van der Waals surface area contributed by atoms with Gasteiger partial charge in [0, 0.05) is 51.5 Å². The van der Waals surface area contributed by atoms with Gasteiger partial charge in [0.05, 0.1) is 0 Å². The number of amides is 1. The molecular weight excluding hydrogens is 441 g/mol. The Bertz CT molecular complexity index is 915. The van der Waals surface area contributed by atoms with E-state index in [1.165, 1.54) is 6.54 Å². The summed E-state index contributed by atoms with van der Waals surface area (Å²) in [5.41, 5.74) is 1.08. The minimum absolute atomic E-state index is 0.242. The van der Waals surface area contributed by atoms with Gasteiger partial charge in [-0.1, -0.05) is 18.2 Å². The Morgan fingerprint density at radius 3 is 2.15 bits per heavy atom. The lowest BCUT2D eigenvalue weighted by molar-refractivity contribution is -0.192. The molecule has 0 radical (unpaired) electrons. The minimum Gasteiger partial charge on any atom is -0.475 e. The monoisotopic (exact) mass is 466 g/mol. The molecule has 2 aliphatic rings. The van der Waals surface area contributed by atoms with E-state index in [1.807, 2.05) is 36.4 Å². The normalized spacial score (nSPS) is 16.9. The van der Waals surface area contributed by atoms with Crippen molar-refractivity contribution in [1.82, 2.24) is 20.4 Å². The van der Waals surface area contributed by atoms with Gasteiger partial charge < -0.3 is 20.6 Å². The van der Waals surface area contributed by atoms with Crippen molar-refractivity contribution in [3.8, 4) is 0 Å². The number of hydrogen-bond donors (Lipinski definition) is 3. The third-order valence-corrected chi connectivity index (χ3v) is 5.24. The highest BCUT2D eigenvalue weighted by Gasteiger charge is 2.38. The molecule has 2 aliphatic heterocycles. The second kappa shape index (κ2) is 11.1. The van der Waals surface area contributed by atoms with Crippen LogP contribution in [0.15, 0.2) is 42.5 Å². The number of nitrogens with one attached hydrogen (secondary N) is 2. The third kappa shape index (κ3) is 7.39. The number of para-hydroxylation sites is 1. The molecule has 0 spiro atoms. The Hall–Kier alpha value is -3.25. The van der Waals surface area contributed by atoms with Gasteiger partial charge in [-0.05, 0) is 30.2 Å². The van der Waals surface area contributed by atoms with Crippen molar-refractivity contribution in [1.29, 1.82) is 0 Å². The quantitative estimate of drug-likeness (QED) is 0.611. The number of carbonyl (C=O) groups excluding carboxylic acids is 1. The Kier molecular flexibility index (Phi) is 8.17. The molecule has 3 N–H and O–H groups in total. The fourth-order valence-corrected chi connectivity index (χ4v) is 3.33. The number of aromatic nitrogens is 2. The van der Waals surface area contributed by atoms with Crippen LogP contribution in [0.5, 0.6) is 0 Å². The van der Waals surface area contributed by atoms with Crippen molar-refractivity contribution in [2.24, 2.45) is 5.92 Å². The van der Waals surface area contributed by atoms with Gasteiger partial charge in [-0.25, -0.2) is 4.79 Å². The van der Waals surface area contributed by atoms with E-state index in [2.05, 4.69) is 30.6 Å². The van der Waals surface area contributed by atoms with Crippen LogP contribution in [0.25, 0.3) is 0 Å². The van der Waals surface area contributed by atoms with E-state index in [-0.39, 0.29) is 5.91 Å². The van der Waals surface area contributed by atoms with Crippen molar-refractivity contribution >= 4 is 23.4 Å². The molecule has 12 heteroatoms. The van der Waals surface area contributed by atoms with Crippen LogP contribution in [0, 0.1) is 5.92 Å². The van der Waals surface area contributed by atoms with Crippen LogP contribution < -0.4 is 15.5 Å². The maximum Gasteiger partial charge on any atom is 0.490 e. The summed E-state index contributed by atoms with van der Waals surface area (Å²) in [4.78, 5) is 25.9. The zero-order chi connectivity index (χ0) is 23.8. The summed E-state index contributed by atoms with van der Waals surface area (Å²) in [6, 6.07) is 13.0. The maximum atomic E-state index is 12.2. The number of carboxylic acid groups (broad SMARTS) is 1. The van der Waals surface area contributed by atoms with E-state index in [4.69, 9.17) is 9.90 Å². The molecule has 1 aromatic carbocycles. The molecule has 1 amide bonds. The van der Waals surface area contributed by atoms with Crippen molar-refractivity contribution in [2.45, 2.75) is 6.18 Å². The molecule has 178 valence electrons. The van der Waals surface area contributed by atoms with Crippen molar-refractivity contribution in [3.05, 3.63) is 48.2 Å². The van der Waals surface area contributed by atoms with E-state index >= 15 is 0 Å². The van der Waals surface area contributed by atoms with Gasteiger partial charge in [-0.3, -0.25) is 9.69 Å². The fourth-order valence-electron chi connectivity index (χ4n) is 3.33. The molecule has 4 rings (SSSR count). The number of halogens is 3. The van der Waals surface area contributed by atoms with Crippen LogP contribution >= 0.6 is 0 Å². The number of aliphatic carboxylic acids is 1. The summed E-state index contributed by atoms with van der Waals surface area (Å²) in [5.74, 6) is -1.35. The van der Waals surface area contributed by atoms with Crippen LogP contribution in [0.4, 0.5) is 24.7 Å². The molecule has 0 bridgehead atoms. The molecule has 2 fully saturated rings. The van der Waals surface area contributed by atoms with E-state index in [0.29, 0.717) is 5.69 Å². The molecule has 2 saturated heterocycles. The van der Waals surface area contributed by atoms with Crippen LogP contribution in [-0.2, 0) is 4.79 Å². The molecule has 0 atom stereocenters. The lowest BCUT2D eigenvalue weighted by atomic mass is 10.0. The molecule has 3 heterocycles. The zero-order valence-electron chi connectivity index (χ0n) is 17.8. The van der Waals surface area contributed by atoms with Crippen LogP contribution in [0.3, 0.4) is 0 Å². The topological polar surface area (TPSA) is 111 Å². The fraction of sp³-hybridized carbons (Fsp3) is 0.429. The maximum absolute atomic E-state index is 12.2. The Labute approximate surface area is 188 Å². The van der Waals surface area contributed by atoms with Crippen LogP contribution in [0.2, 0.25) is 0 Å². The summed E-state index contributed by atoms with van der Waals surface area (Å²) >= 11 is 0. The SMILES string of the molecule is O=C(Nc1ccccc1)c1ccc(N2CCN(CC3CNC3)CC2)nn1.O=C(O)C(F)(F)F. The van der Waals surface area contributed by atoms with Gasteiger partial charge in [0.2, 0.25) is 0 Å². The second-order valence-corrected chi connectivity index (χ2v) is 7.71. The average molecular weight is 466 g/mol. The van der Waals surface area contributed by atoms with E-state index in [9.17, 15) is 18.0 Å². The summed E-state index contributed by atoms with van der Waals surface area (Å²) in [6.07, 6.45) is -5.08. The zero-order valence-corrected chi connectivity index (χ0v) is 17.8. The summed E-state index contributed by atoms with van der Waals surface area (Å²) in [6.45, 7) is 7.49. The summed E-state index contributed by atoms with van der Waals surface area (Å²) < 4.78 is 31.7. The number of nitrogens with zero attached hydrogens (tertiary/aromatic N) is 4. The van der Waals surface area contributed by atoms with Crippen molar-refractivity contribution in [3.63, 3.8) is 0 Å². The number of carboxylic acids is 1. The summed E-state index contributed by atoms with van der Waals surface area (Å²) in [7, 11) is 0. The van der Waals surface area contributed by atoms with Gasteiger partial charge >= 0.3 is 12.1 Å². The van der Waals surface area contributed by atoms with Gasteiger partial charge in [0.25, 0.3) is 5.91 Å². The number of hydrogen-bond acceptors (Lipinski definition) is 7. The molecule has 0 unspecified atom stereocenters. The molecule has 0 aliphatic carbocycles. The lowest BCUT2D eigenvalue weighted by Crippen LogP contribution is -2.53. The number of anilines is 2. The number of piperazine rings is 1. The van der Waals surface area contributed by atoms with E-state index in [0.717, 1.165) is 56.7 Å². The highest BCUT2D eigenvalue weighted by molar-refractivity contribution is 6.02. The highest BCUT2D eigenvalue weighted by Crippen LogP contribution is 2.16.